The molecule has 0 radical (unpaired) electrons. The van der Waals surface area contributed by atoms with Crippen LogP contribution in [0, 0.1) is 6.92 Å². The molecule has 1 unspecified atom stereocenters. The Morgan fingerprint density at radius 2 is 2.21 bits per heavy atom. The molecule has 1 N–H and O–H groups in total. The molecule has 1 rings (SSSR count). The summed E-state index contributed by atoms with van der Waals surface area (Å²) in [5, 5.41) is 9.19. The van der Waals surface area contributed by atoms with Gasteiger partial charge in [0, 0.05) is 5.56 Å². The minimum absolute atomic E-state index is 0.291. The molecule has 14 heavy (non-hydrogen) atoms. The first-order valence-corrected chi connectivity index (χ1v) is 4.88. The lowest BCUT2D eigenvalue weighted by atomic mass is 10.1. The lowest BCUT2D eigenvalue weighted by Crippen LogP contribution is -2.19. The summed E-state index contributed by atoms with van der Waals surface area (Å²) in [6.45, 7) is 4.53. The van der Waals surface area contributed by atoms with Crippen LogP contribution in [0.15, 0.2) is 24.3 Å². The van der Waals surface area contributed by atoms with Crippen molar-refractivity contribution in [1.82, 2.24) is 0 Å². The summed E-state index contributed by atoms with van der Waals surface area (Å²) in [6, 6.07) is 8.30. The van der Waals surface area contributed by atoms with Crippen molar-refractivity contribution >= 4 is 6.21 Å². The van der Waals surface area contributed by atoms with Crippen molar-refractivity contribution in [3.05, 3.63) is 35.4 Å². The van der Waals surface area contributed by atoms with Gasteiger partial charge in [-0.1, -0.05) is 17.7 Å². The quantitative estimate of drug-likeness (QED) is 0.568. The van der Waals surface area contributed by atoms with Crippen LogP contribution in [0.2, 0.25) is 0 Å². The Balaban J connectivity index is 2.76. The maximum absolute atomic E-state index is 9.19. The molecular weight excluding hydrogens is 174 g/mol. The van der Waals surface area contributed by atoms with E-state index in [1.807, 2.05) is 23.9 Å². The number of rotatable bonds is 3. The van der Waals surface area contributed by atoms with Gasteiger partial charge in [0.15, 0.2) is 12.8 Å². The van der Waals surface area contributed by atoms with E-state index >= 15 is 0 Å². The van der Waals surface area contributed by atoms with Crippen molar-refractivity contribution in [3.63, 3.8) is 0 Å². The molecule has 1 aromatic carbocycles. The third kappa shape index (κ3) is 3.71. The molecule has 0 saturated carbocycles. The Bertz CT molecular complexity index is 329. The van der Waals surface area contributed by atoms with Crippen molar-refractivity contribution < 1.29 is 9.68 Å². The van der Waals surface area contributed by atoms with Crippen LogP contribution in [0.25, 0.3) is 0 Å². The van der Waals surface area contributed by atoms with Crippen molar-refractivity contribution in [3.8, 4) is 0 Å². The predicted octanol–water partition coefficient (Wildman–Crippen LogP) is 1.44. The second kappa shape index (κ2) is 4.91. The van der Waals surface area contributed by atoms with E-state index in [1.54, 1.807) is 6.92 Å². The van der Waals surface area contributed by atoms with Gasteiger partial charge in [-0.2, -0.15) is 0 Å². The number of nitrogens with zero attached hydrogens (tertiary/aromatic N) is 1. The molecule has 0 aliphatic carbocycles. The molecule has 2 heteroatoms. The monoisotopic (exact) mass is 192 g/mol. The average molecular weight is 192 g/mol. The zero-order valence-electron chi connectivity index (χ0n) is 9.07. The number of likely N-dealkylation sites (N-methyl/N-ethyl adjacent to an activating group) is 1. The lowest BCUT2D eigenvalue weighted by molar-refractivity contribution is -0.501. The molecule has 0 aliphatic heterocycles. The fraction of sp³-hybridized carbons (Fsp3) is 0.417. The summed E-state index contributed by atoms with van der Waals surface area (Å²) >= 11 is 0. The van der Waals surface area contributed by atoms with Crippen molar-refractivity contribution in [2.24, 2.45) is 0 Å². The third-order valence-corrected chi connectivity index (χ3v) is 1.96. The minimum Gasteiger partial charge on any atom is -0.387 e. The molecule has 0 aliphatic rings. The summed E-state index contributed by atoms with van der Waals surface area (Å²) in [4.78, 5) is 0. The van der Waals surface area contributed by atoms with Crippen LogP contribution < -0.4 is 0 Å². The fourth-order valence-electron chi connectivity index (χ4n) is 1.47. The largest absolute Gasteiger partial charge is 0.387 e. The first-order chi connectivity index (χ1) is 6.58. The van der Waals surface area contributed by atoms with Gasteiger partial charge >= 0.3 is 0 Å². The van der Waals surface area contributed by atoms with Gasteiger partial charge in [-0.15, -0.1) is 0 Å². The summed E-state index contributed by atoms with van der Waals surface area (Å²) < 4.78 is 2.00. The highest BCUT2D eigenvalue weighted by molar-refractivity contribution is 5.75. The van der Waals surface area contributed by atoms with Gasteiger partial charge in [0.2, 0.25) is 0 Å². The molecule has 0 heterocycles. The normalized spacial score (nSPS) is 14.1. The maximum Gasteiger partial charge on any atom is 0.170 e. The van der Waals surface area contributed by atoms with Crippen LogP contribution in [0.5, 0.6) is 0 Å². The van der Waals surface area contributed by atoms with E-state index in [1.165, 1.54) is 11.1 Å². The second-order valence-corrected chi connectivity index (χ2v) is 3.83. The zero-order chi connectivity index (χ0) is 10.6. The summed E-state index contributed by atoms with van der Waals surface area (Å²) in [5.41, 5.74) is 2.43. The predicted molar refractivity (Wildman–Crippen MR) is 59.1 cm³/mol. The fourth-order valence-corrected chi connectivity index (χ4v) is 1.47. The Labute approximate surface area is 85.5 Å². The molecule has 2 nitrogen and oxygen atoms in total. The molecular formula is C12H18NO+. The average Bonchev–Trinajstić information content (AvgIpc) is 2.01. The summed E-state index contributed by atoms with van der Waals surface area (Å²) in [6.07, 6.45) is 1.75. The Morgan fingerprint density at radius 3 is 2.79 bits per heavy atom. The maximum atomic E-state index is 9.19. The van der Waals surface area contributed by atoms with Gasteiger partial charge in [-0.3, -0.25) is 0 Å². The lowest BCUT2D eigenvalue weighted by Gasteiger charge is -2.00. The first-order valence-electron chi connectivity index (χ1n) is 4.88. The van der Waals surface area contributed by atoms with Crippen LogP contribution in [-0.4, -0.2) is 35.6 Å². The third-order valence-electron chi connectivity index (χ3n) is 1.96. The SMILES string of the molecule is Cc1cccc(C=[N+](C)CC(C)O)c1. The van der Waals surface area contributed by atoms with Crippen LogP contribution in [-0.2, 0) is 0 Å². The minimum atomic E-state index is -0.291. The highest BCUT2D eigenvalue weighted by Gasteiger charge is 2.02. The zero-order valence-corrected chi connectivity index (χ0v) is 9.07. The van der Waals surface area contributed by atoms with E-state index in [2.05, 4.69) is 25.1 Å². The van der Waals surface area contributed by atoms with E-state index in [0.29, 0.717) is 6.54 Å². The number of benzene rings is 1. The molecule has 1 aromatic rings. The van der Waals surface area contributed by atoms with Gasteiger partial charge in [0.1, 0.15) is 13.2 Å². The number of aliphatic hydroxyl groups is 1. The van der Waals surface area contributed by atoms with Gasteiger partial charge in [0.05, 0.1) is 0 Å². The van der Waals surface area contributed by atoms with Gasteiger partial charge in [-0.25, -0.2) is 4.58 Å². The molecule has 1 atom stereocenters. The molecule has 0 amide bonds. The summed E-state index contributed by atoms with van der Waals surface area (Å²) in [7, 11) is 1.97. The molecule has 0 bridgehead atoms. The smallest absolute Gasteiger partial charge is 0.170 e. The van der Waals surface area contributed by atoms with Crippen LogP contribution >= 0.6 is 0 Å². The Morgan fingerprint density at radius 1 is 1.50 bits per heavy atom. The van der Waals surface area contributed by atoms with Gasteiger partial charge in [-0.05, 0) is 26.0 Å². The summed E-state index contributed by atoms with van der Waals surface area (Å²) in [5.74, 6) is 0. The van der Waals surface area contributed by atoms with Gasteiger partial charge in [0.25, 0.3) is 0 Å². The van der Waals surface area contributed by atoms with Crippen LogP contribution in [0.1, 0.15) is 18.1 Å². The van der Waals surface area contributed by atoms with Gasteiger partial charge < -0.3 is 5.11 Å². The van der Waals surface area contributed by atoms with Crippen molar-refractivity contribution in [2.45, 2.75) is 20.0 Å². The van der Waals surface area contributed by atoms with E-state index in [4.69, 9.17) is 0 Å². The Kier molecular flexibility index (Phi) is 3.84. The van der Waals surface area contributed by atoms with E-state index in [9.17, 15) is 5.11 Å². The van der Waals surface area contributed by atoms with E-state index in [0.717, 1.165) is 0 Å². The number of hydrogen-bond acceptors (Lipinski definition) is 1. The van der Waals surface area contributed by atoms with E-state index < -0.39 is 0 Å². The highest BCUT2D eigenvalue weighted by atomic mass is 16.3. The molecule has 0 aromatic heterocycles. The van der Waals surface area contributed by atoms with Crippen molar-refractivity contribution in [1.29, 1.82) is 0 Å². The van der Waals surface area contributed by atoms with E-state index in [-0.39, 0.29) is 6.10 Å². The number of aryl methyl sites for hydroxylation is 1. The topological polar surface area (TPSA) is 23.2 Å². The second-order valence-electron chi connectivity index (χ2n) is 3.83. The first kappa shape index (κ1) is 10.9. The molecule has 0 saturated heterocycles. The highest BCUT2D eigenvalue weighted by Crippen LogP contribution is 2.00. The standard InChI is InChI=1S/C12H18NO/c1-10-5-4-6-12(7-10)9-13(3)8-11(2)14/h4-7,9,11,14H,8H2,1-3H3/q+1. The van der Waals surface area contributed by atoms with Crippen LogP contribution in [0.3, 0.4) is 0 Å². The number of hydrogen-bond donors (Lipinski definition) is 1. The van der Waals surface area contributed by atoms with Crippen molar-refractivity contribution in [2.75, 3.05) is 13.6 Å². The molecule has 76 valence electrons. The number of aliphatic hydroxyl groups excluding tert-OH is 1. The van der Waals surface area contributed by atoms with Crippen LogP contribution in [0.4, 0.5) is 0 Å². The molecule has 0 spiro atoms. The Hall–Kier alpha value is -1.15. The molecule has 0 fully saturated rings.